The van der Waals surface area contributed by atoms with Gasteiger partial charge in [0.25, 0.3) is 0 Å². The molecule has 0 saturated heterocycles. The number of halogens is 1. The van der Waals surface area contributed by atoms with Crippen molar-refractivity contribution in [1.29, 1.82) is 0 Å². The van der Waals surface area contributed by atoms with Crippen LogP contribution in [0.5, 0.6) is 0 Å². The number of imidazole rings is 1. The summed E-state index contributed by atoms with van der Waals surface area (Å²) in [6, 6.07) is 6.06. The maximum Gasteiger partial charge on any atom is 0.226 e. The third-order valence-corrected chi connectivity index (χ3v) is 3.56. The van der Waals surface area contributed by atoms with E-state index in [-0.39, 0.29) is 0 Å². The fourth-order valence-electron chi connectivity index (χ4n) is 2.06. The lowest BCUT2D eigenvalue weighted by Crippen LogP contribution is -2.05. The van der Waals surface area contributed by atoms with Gasteiger partial charge in [0.15, 0.2) is 11.5 Å². The number of fused-ring (bicyclic) bond motifs is 1. The summed E-state index contributed by atoms with van der Waals surface area (Å²) in [6.07, 6.45) is 1.62. The standard InChI is InChI=1S/C14H15BrN6/c1-3-16-14-20-12-11(17-7-18-12)13(21-14)19-10-5-4-9(15)6-8(10)2/h4-7H,3H2,1-2H3,(H3,16,17,18,19,20,21). The van der Waals surface area contributed by atoms with Gasteiger partial charge >= 0.3 is 0 Å². The van der Waals surface area contributed by atoms with Gasteiger partial charge in [-0.15, -0.1) is 0 Å². The van der Waals surface area contributed by atoms with Gasteiger partial charge in [-0.05, 0) is 37.6 Å². The zero-order chi connectivity index (χ0) is 14.8. The van der Waals surface area contributed by atoms with E-state index in [1.54, 1.807) is 6.33 Å². The van der Waals surface area contributed by atoms with E-state index in [0.29, 0.717) is 17.4 Å². The highest BCUT2D eigenvalue weighted by molar-refractivity contribution is 9.10. The molecule has 0 atom stereocenters. The van der Waals surface area contributed by atoms with Crippen molar-refractivity contribution in [3.8, 4) is 0 Å². The molecule has 0 radical (unpaired) electrons. The Labute approximate surface area is 130 Å². The molecule has 21 heavy (non-hydrogen) atoms. The molecule has 0 fully saturated rings. The molecule has 0 aliphatic carbocycles. The lowest BCUT2D eigenvalue weighted by atomic mass is 10.2. The molecule has 2 aromatic heterocycles. The third-order valence-electron chi connectivity index (χ3n) is 3.06. The van der Waals surface area contributed by atoms with Crippen LogP contribution in [0, 0.1) is 6.92 Å². The number of aromatic nitrogens is 4. The van der Waals surface area contributed by atoms with E-state index in [4.69, 9.17) is 0 Å². The predicted octanol–water partition coefficient (Wildman–Crippen LogP) is 3.60. The zero-order valence-electron chi connectivity index (χ0n) is 11.7. The number of hydrogen-bond donors (Lipinski definition) is 3. The highest BCUT2D eigenvalue weighted by atomic mass is 79.9. The van der Waals surface area contributed by atoms with Crippen molar-refractivity contribution < 1.29 is 0 Å². The summed E-state index contributed by atoms with van der Waals surface area (Å²) in [4.78, 5) is 16.1. The zero-order valence-corrected chi connectivity index (χ0v) is 13.3. The molecule has 0 bridgehead atoms. The van der Waals surface area contributed by atoms with E-state index < -0.39 is 0 Å². The fourth-order valence-corrected chi connectivity index (χ4v) is 2.53. The number of rotatable bonds is 4. The number of H-pyrrole nitrogens is 1. The molecule has 0 spiro atoms. The second-order valence-corrected chi connectivity index (χ2v) is 5.53. The molecule has 0 amide bonds. The molecule has 3 rings (SSSR count). The number of aromatic amines is 1. The Morgan fingerprint density at radius 1 is 1.29 bits per heavy atom. The van der Waals surface area contributed by atoms with Crippen LogP contribution < -0.4 is 10.6 Å². The molecule has 7 heteroatoms. The Kier molecular flexibility index (Phi) is 3.74. The Hall–Kier alpha value is -2.15. The van der Waals surface area contributed by atoms with E-state index in [0.717, 1.165) is 27.8 Å². The topological polar surface area (TPSA) is 78.5 Å². The molecule has 6 nitrogen and oxygen atoms in total. The Morgan fingerprint density at radius 2 is 2.14 bits per heavy atom. The second-order valence-electron chi connectivity index (χ2n) is 4.61. The van der Waals surface area contributed by atoms with Crippen LogP contribution in [-0.4, -0.2) is 26.5 Å². The number of anilines is 3. The molecular formula is C14H15BrN6. The van der Waals surface area contributed by atoms with Gasteiger partial charge in [-0.2, -0.15) is 9.97 Å². The average Bonchev–Trinajstić information content (AvgIpc) is 2.91. The Morgan fingerprint density at radius 3 is 2.90 bits per heavy atom. The maximum atomic E-state index is 4.51. The lowest BCUT2D eigenvalue weighted by Gasteiger charge is -2.11. The first-order valence-electron chi connectivity index (χ1n) is 6.65. The lowest BCUT2D eigenvalue weighted by molar-refractivity contribution is 1.10. The number of nitrogens with one attached hydrogen (secondary N) is 3. The summed E-state index contributed by atoms with van der Waals surface area (Å²) in [5, 5.41) is 6.46. The Balaban J connectivity index is 2.04. The van der Waals surface area contributed by atoms with E-state index in [2.05, 4.69) is 52.6 Å². The number of nitrogens with zero attached hydrogens (tertiary/aromatic N) is 3. The molecule has 0 saturated carbocycles. The molecule has 2 heterocycles. The van der Waals surface area contributed by atoms with Crippen LogP contribution in [0.1, 0.15) is 12.5 Å². The summed E-state index contributed by atoms with van der Waals surface area (Å²) in [7, 11) is 0. The van der Waals surface area contributed by atoms with Gasteiger partial charge in [0, 0.05) is 16.7 Å². The highest BCUT2D eigenvalue weighted by Crippen LogP contribution is 2.26. The second kappa shape index (κ2) is 5.69. The monoisotopic (exact) mass is 346 g/mol. The van der Waals surface area contributed by atoms with Gasteiger partial charge in [0.2, 0.25) is 5.95 Å². The first-order valence-corrected chi connectivity index (χ1v) is 7.45. The summed E-state index contributed by atoms with van der Waals surface area (Å²) in [5.41, 5.74) is 3.55. The van der Waals surface area contributed by atoms with E-state index in [1.165, 1.54) is 0 Å². The number of aryl methyl sites for hydroxylation is 1. The van der Waals surface area contributed by atoms with Gasteiger partial charge in [-0.1, -0.05) is 15.9 Å². The minimum atomic E-state index is 0.564. The normalized spacial score (nSPS) is 10.8. The van der Waals surface area contributed by atoms with Crippen molar-refractivity contribution in [3.63, 3.8) is 0 Å². The molecule has 3 N–H and O–H groups in total. The number of benzene rings is 1. The van der Waals surface area contributed by atoms with Crippen LogP contribution in [0.25, 0.3) is 11.2 Å². The van der Waals surface area contributed by atoms with Crippen LogP contribution in [0.4, 0.5) is 17.5 Å². The van der Waals surface area contributed by atoms with E-state index in [1.807, 2.05) is 26.0 Å². The minimum Gasteiger partial charge on any atom is -0.354 e. The fraction of sp³-hybridized carbons (Fsp3) is 0.214. The van der Waals surface area contributed by atoms with Crippen molar-refractivity contribution in [2.45, 2.75) is 13.8 Å². The molecule has 3 aromatic rings. The predicted molar refractivity (Wildman–Crippen MR) is 88.0 cm³/mol. The molecule has 0 aliphatic rings. The van der Waals surface area contributed by atoms with Crippen LogP contribution >= 0.6 is 15.9 Å². The van der Waals surface area contributed by atoms with Crippen LogP contribution in [0.2, 0.25) is 0 Å². The van der Waals surface area contributed by atoms with Gasteiger partial charge in [-0.3, -0.25) is 0 Å². The summed E-state index contributed by atoms with van der Waals surface area (Å²) < 4.78 is 1.05. The average molecular weight is 347 g/mol. The van der Waals surface area contributed by atoms with E-state index in [9.17, 15) is 0 Å². The van der Waals surface area contributed by atoms with Crippen molar-refractivity contribution in [3.05, 3.63) is 34.6 Å². The quantitative estimate of drug-likeness (QED) is 0.672. The van der Waals surface area contributed by atoms with Gasteiger partial charge in [0.05, 0.1) is 6.33 Å². The first-order chi connectivity index (χ1) is 10.2. The molecule has 108 valence electrons. The summed E-state index contributed by atoms with van der Waals surface area (Å²) in [6.45, 7) is 4.81. The van der Waals surface area contributed by atoms with Crippen LogP contribution in [-0.2, 0) is 0 Å². The van der Waals surface area contributed by atoms with Crippen molar-refractivity contribution in [1.82, 2.24) is 19.9 Å². The minimum absolute atomic E-state index is 0.564. The summed E-state index contributed by atoms with van der Waals surface area (Å²) >= 11 is 3.47. The smallest absolute Gasteiger partial charge is 0.226 e. The SMILES string of the molecule is CCNc1nc(Nc2ccc(Br)cc2C)c2[nH]cnc2n1. The molecule has 1 aromatic carbocycles. The van der Waals surface area contributed by atoms with E-state index >= 15 is 0 Å². The number of hydrogen-bond acceptors (Lipinski definition) is 5. The first kappa shape index (κ1) is 13.8. The third kappa shape index (κ3) is 2.82. The summed E-state index contributed by atoms with van der Waals surface area (Å²) in [5.74, 6) is 1.27. The van der Waals surface area contributed by atoms with Crippen molar-refractivity contribution in [2.24, 2.45) is 0 Å². The highest BCUT2D eigenvalue weighted by Gasteiger charge is 2.10. The largest absolute Gasteiger partial charge is 0.354 e. The van der Waals surface area contributed by atoms with Gasteiger partial charge < -0.3 is 15.6 Å². The van der Waals surface area contributed by atoms with Crippen molar-refractivity contribution >= 4 is 44.5 Å². The van der Waals surface area contributed by atoms with Crippen LogP contribution in [0.3, 0.4) is 0 Å². The maximum absolute atomic E-state index is 4.51. The van der Waals surface area contributed by atoms with Gasteiger partial charge in [-0.25, -0.2) is 4.98 Å². The molecular weight excluding hydrogens is 332 g/mol. The van der Waals surface area contributed by atoms with Crippen molar-refractivity contribution in [2.75, 3.05) is 17.2 Å². The Bertz CT molecular complexity index is 782. The molecule has 0 aliphatic heterocycles. The van der Waals surface area contributed by atoms with Gasteiger partial charge in [0.1, 0.15) is 5.52 Å². The molecule has 0 unspecified atom stereocenters. The van der Waals surface area contributed by atoms with Crippen LogP contribution in [0.15, 0.2) is 29.0 Å².